The lowest BCUT2D eigenvalue weighted by Gasteiger charge is -2.54. The second-order valence-corrected chi connectivity index (χ2v) is 11.3. The van der Waals surface area contributed by atoms with E-state index in [0.29, 0.717) is 38.3 Å². The summed E-state index contributed by atoms with van der Waals surface area (Å²) in [6.07, 6.45) is 2.01. The van der Waals surface area contributed by atoms with Crippen molar-refractivity contribution in [3.63, 3.8) is 0 Å². The molecule has 6 rings (SSSR count). The van der Waals surface area contributed by atoms with Gasteiger partial charge in [0.15, 0.2) is 0 Å². The summed E-state index contributed by atoms with van der Waals surface area (Å²) in [5.41, 5.74) is 5.51. The number of aromatic nitrogens is 1. The fourth-order valence-electron chi connectivity index (χ4n) is 5.96. The zero-order valence-corrected chi connectivity index (χ0v) is 21.4. The highest BCUT2D eigenvalue weighted by atomic mass is 16.5. The summed E-state index contributed by atoms with van der Waals surface area (Å²) >= 11 is 0. The molecule has 9 nitrogen and oxygen atoms in total. The van der Waals surface area contributed by atoms with Gasteiger partial charge in [0.05, 0.1) is 42.5 Å². The average molecular weight is 506 g/mol. The molecule has 1 N–H and O–H groups in total. The maximum Gasteiger partial charge on any atom is 0.320 e. The maximum atomic E-state index is 13.0. The number of rotatable bonds is 7. The predicted octanol–water partition coefficient (Wildman–Crippen LogP) is 1.52. The lowest BCUT2D eigenvalue weighted by molar-refractivity contribution is -0.176. The molecule has 3 amide bonds. The number of pyridine rings is 1. The van der Waals surface area contributed by atoms with Gasteiger partial charge in [-0.1, -0.05) is 23.8 Å². The Kier molecular flexibility index (Phi) is 6.38. The molecule has 4 aliphatic rings. The van der Waals surface area contributed by atoms with Crippen LogP contribution in [0.2, 0.25) is 0 Å². The van der Waals surface area contributed by atoms with Gasteiger partial charge < -0.3 is 24.5 Å². The Labute approximate surface area is 217 Å². The van der Waals surface area contributed by atoms with Crippen LogP contribution in [0.25, 0.3) is 0 Å². The van der Waals surface area contributed by atoms with Gasteiger partial charge in [0.2, 0.25) is 0 Å². The number of carbonyl (C=O) groups excluding carboxylic acids is 2. The Morgan fingerprint density at radius 3 is 2.62 bits per heavy atom. The molecular weight excluding hydrogens is 470 g/mol. The molecular formula is C28H35N5O4. The number of urea groups is 1. The van der Waals surface area contributed by atoms with E-state index in [4.69, 9.17) is 4.74 Å². The fraction of sp³-hybridized carbons (Fsp3) is 0.536. The van der Waals surface area contributed by atoms with Crippen LogP contribution >= 0.6 is 0 Å². The van der Waals surface area contributed by atoms with Gasteiger partial charge >= 0.3 is 6.03 Å². The van der Waals surface area contributed by atoms with E-state index in [1.165, 1.54) is 16.7 Å². The zero-order valence-electron chi connectivity index (χ0n) is 21.4. The summed E-state index contributed by atoms with van der Waals surface area (Å²) in [5.74, 6) is 0.00122. The topological polar surface area (TPSA) is 89.5 Å². The highest BCUT2D eigenvalue weighted by Crippen LogP contribution is 2.38. The third kappa shape index (κ3) is 4.95. The minimum atomic E-state index is -0.592. The van der Waals surface area contributed by atoms with Crippen molar-refractivity contribution in [2.45, 2.75) is 32.5 Å². The normalized spacial score (nSPS) is 21.6. The Hall–Kier alpha value is -3.01. The second-order valence-electron chi connectivity index (χ2n) is 11.3. The lowest BCUT2D eigenvalue weighted by Crippen LogP contribution is -2.67. The van der Waals surface area contributed by atoms with Crippen molar-refractivity contribution >= 4 is 11.9 Å². The first-order valence-corrected chi connectivity index (χ1v) is 13.2. The average Bonchev–Trinajstić information content (AvgIpc) is 3.16. The van der Waals surface area contributed by atoms with Crippen LogP contribution in [0.5, 0.6) is 0 Å². The number of aliphatic hydroxyl groups is 1. The summed E-state index contributed by atoms with van der Waals surface area (Å²) in [7, 11) is 0. The quantitative estimate of drug-likeness (QED) is 0.614. The van der Waals surface area contributed by atoms with Crippen LogP contribution < -0.4 is 0 Å². The monoisotopic (exact) mass is 505 g/mol. The standard InChI is InChI=1S/C28H35N5O4/c1-20-2-3-21-6-7-30(12-23(21)10-20)14-25(34)15-32-9-8-31(27(32)36)13-24-5-4-22(11-29-24)26(35)33-16-28(17-33)18-37-19-28/h2-5,10-11,25,34H,6-9,12-19H2,1H3/t25-/m1/s1. The number of amides is 3. The molecule has 0 radical (unpaired) electrons. The minimum Gasteiger partial charge on any atom is -0.390 e. The molecule has 9 heteroatoms. The SMILES string of the molecule is Cc1ccc2c(c1)CN(C[C@@H](O)CN1CCN(Cc3ccc(C(=O)N4CC5(COC5)C4)cn3)C1=O)CC2. The van der Waals surface area contributed by atoms with Crippen LogP contribution in [0.15, 0.2) is 36.5 Å². The molecule has 0 unspecified atom stereocenters. The molecule has 196 valence electrons. The van der Waals surface area contributed by atoms with E-state index in [-0.39, 0.29) is 17.4 Å². The minimum absolute atomic E-state index is 0.00122. The van der Waals surface area contributed by atoms with Crippen LogP contribution in [0.4, 0.5) is 4.79 Å². The maximum absolute atomic E-state index is 13.0. The van der Waals surface area contributed by atoms with Gasteiger partial charge in [0, 0.05) is 58.6 Å². The van der Waals surface area contributed by atoms with E-state index in [0.717, 1.165) is 51.5 Å². The van der Waals surface area contributed by atoms with Gasteiger partial charge in [-0.05, 0) is 36.6 Å². The summed E-state index contributed by atoms with van der Waals surface area (Å²) in [5, 5.41) is 10.8. The molecule has 0 bridgehead atoms. The Balaban J connectivity index is 0.972. The molecule has 0 aliphatic carbocycles. The van der Waals surface area contributed by atoms with Crippen LogP contribution in [-0.4, -0.2) is 107 Å². The van der Waals surface area contributed by atoms with Gasteiger partial charge in [-0.3, -0.25) is 14.7 Å². The van der Waals surface area contributed by atoms with Crippen LogP contribution in [0.3, 0.4) is 0 Å². The van der Waals surface area contributed by atoms with Gasteiger partial charge in [-0.25, -0.2) is 4.79 Å². The van der Waals surface area contributed by atoms with Crippen LogP contribution in [0.1, 0.15) is 32.7 Å². The summed E-state index contributed by atoms with van der Waals surface area (Å²) in [6, 6.07) is 10.2. The molecule has 3 fully saturated rings. The highest BCUT2D eigenvalue weighted by molar-refractivity contribution is 5.94. The van der Waals surface area contributed by atoms with Gasteiger partial charge in [0.25, 0.3) is 5.91 Å². The first-order chi connectivity index (χ1) is 17.9. The number of hydrogen-bond acceptors (Lipinski definition) is 6. The van der Waals surface area contributed by atoms with Crippen molar-refractivity contribution in [2.24, 2.45) is 5.41 Å². The number of fused-ring (bicyclic) bond motifs is 1. The second kappa shape index (κ2) is 9.70. The molecule has 1 aromatic heterocycles. The number of β-amino-alcohol motifs (C(OH)–C–C–N with tert-alkyl or cyclic N) is 1. The third-order valence-corrected chi connectivity index (χ3v) is 8.11. The van der Waals surface area contributed by atoms with Gasteiger partial charge in [0.1, 0.15) is 0 Å². The number of hydrogen-bond donors (Lipinski definition) is 1. The van der Waals surface area contributed by atoms with E-state index in [9.17, 15) is 14.7 Å². The Bertz CT molecular complexity index is 1170. The predicted molar refractivity (Wildman–Crippen MR) is 137 cm³/mol. The summed E-state index contributed by atoms with van der Waals surface area (Å²) < 4.78 is 5.28. The molecule has 2 aromatic rings. The summed E-state index contributed by atoms with van der Waals surface area (Å²) in [6.45, 7) is 9.34. The molecule has 3 saturated heterocycles. The van der Waals surface area contributed by atoms with E-state index in [2.05, 4.69) is 35.0 Å². The van der Waals surface area contributed by atoms with Crippen molar-refractivity contribution in [3.05, 3.63) is 64.5 Å². The zero-order chi connectivity index (χ0) is 25.6. The van der Waals surface area contributed by atoms with E-state index >= 15 is 0 Å². The molecule has 37 heavy (non-hydrogen) atoms. The molecule has 5 heterocycles. The molecule has 1 aromatic carbocycles. The first-order valence-electron chi connectivity index (χ1n) is 13.2. The van der Waals surface area contributed by atoms with Crippen molar-refractivity contribution in [1.82, 2.24) is 24.6 Å². The number of aryl methyl sites for hydroxylation is 1. The smallest absolute Gasteiger partial charge is 0.320 e. The van der Waals surface area contributed by atoms with E-state index in [1.54, 1.807) is 22.1 Å². The molecule has 1 spiro atoms. The van der Waals surface area contributed by atoms with Crippen molar-refractivity contribution in [2.75, 3.05) is 59.0 Å². The number of likely N-dealkylation sites (tertiary alicyclic amines) is 1. The number of ether oxygens (including phenoxy) is 1. The number of aliphatic hydroxyl groups excluding tert-OH is 1. The van der Waals surface area contributed by atoms with Crippen molar-refractivity contribution < 1.29 is 19.4 Å². The molecule has 1 atom stereocenters. The van der Waals surface area contributed by atoms with E-state index < -0.39 is 6.10 Å². The van der Waals surface area contributed by atoms with Crippen molar-refractivity contribution in [1.29, 1.82) is 0 Å². The van der Waals surface area contributed by atoms with Crippen LogP contribution in [0, 0.1) is 12.3 Å². The summed E-state index contributed by atoms with van der Waals surface area (Å²) in [4.78, 5) is 37.7. The highest BCUT2D eigenvalue weighted by Gasteiger charge is 2.50. The molecule has 0 saturated carbocycles. The largest absolute Gasteiger partial charge is 0.390 e. The number of benzene rings is 1. The van der Waals surface area contributed by atoms with Crippen molar-refractivity contribution in [3.8, 4) is 0 Å². The Morgan fingerprint density at radius 2 is 1.89 bits per heavy atom. The number of nitrogens with zero attached hydrogens (tertiary/aromatic N) is 5. The van der Waals surface area contributed by atoms with E-state index in [1.807, 2.05) is 11.0 Å². The lowest BCUT2D eigenvalue weighted by atomic mass is 9.78. The van der Waals surface area contributed by atoms with Crippen LogP contribution in [-0.2, 0) is 24.2 Å². The fourth-order valence-corrected chi connectivity index (χ4v) is 5.96. The Morgan fingerprint density at radius 1 is 1.08 bits per heavy atom. The third-order valence-electron chi connectivity index (χ3n) is 8.11. The number of carbonyl (C=O) groups is 2. The first kappa shape index (κ1) is 24.3. The van der Waals surface area contributed by atoms with Gasteiger partial charge in [-0.2, -0.15) is 0 Å². The van der Waals surface area contributed by atoms with Gasteiger partial charge in [-0.15, -0.1) is 0 Å². The molecule has 4 aliphatic heterocycles.